The summed E-state index contributed by atoms with van der Waals surface area (Å²) in [5.41, 5.74) is 0.0546. The molecule has 200 valence electrons. The first kappa shape index (κ1) is 27.3. The van der Waals surface area contributed by atoms with Crippen molar-refractivity contribution < 1.29 is 27.9 Å². The molecular formula is C26H28N3O8P. The summed E-state index contributed by atoms with van der Waals surface area (Å²) in [6, 6.07) is 16.5. The SMILES string of the molecule is COC(=O)C(Cc1ccccc1)NP(=O)(OC[C@@H]1C=C[C@H](n2cc(C)c(=O)[nH]c2=O)O1)Oc1ccccc1. The molecule has 1 aliphatic heterocycles. The molecule has 3 aromatic rings. The van der Waals surface area contributed by atoms with Crippen LogP contribution in [0.3, 0.4) is 0 Å². The maximum atomic E-state index is 13.9. The molecule has 0 spiro atoms. The lowest BCUT2D eigenvalue weighted by Crippen LogP contribution is -2.39. The highest BCUT2D eigenvalue weighted by molar-refractivity contribution is 7.52. The third-order valence-electron chi connectivity index (χ3n) is 5.68. The third kappa shape index (κ3) is 6.96. The van der Waals surface area contributed by atoms with Gasteiger partial charge in [0.25, 0.3) is 5.56 Å². The van der Waals surface area contributed by atoms with E-state index in [0.717, 1.165) is 5.56 Å². The van der Waals surface area contributed by atoms with E-state index in [-0.39, 0.29) is 18.8 Å². The van der Waals surface area contributed by atoms with Crippen molar-refractivity contribution in [1.82, 2.24) is 14.6 Å². The second-order valence-electron chi connectivity index (χ2n) is 8.52. The Bertz CT molecular complexity index is 1440. The molecule has 2 heterocycles. The molecule has 0 amide bonds. The van der Waals surface area contributed by atoms with Crippen LogP contribution in [-0.2, 0) is 29.8 Å². The molecule has 0 saturated carbocycles. The Hall–Kier alpha value is -3.76. The highest BCUT2D eigenvalue weighted by Crippen LogP contribution is 2.45. The fourth-order valence-electron chi connectivity index (χ4n) is 3.76. The smallest absolute Gasteiger partial charge is 0.459 e. The zero-order valence-electron chi connectivity index (χ0n) is 20.8. The van der Waals surface area contributed by atoms with Gasteiger partial charge >= 0.3 is 19.4 Å². The van der Waals surface area contributed by atoms with Crippen molar-refractivity contribution in [2.75, 3.05) is 13.7 Å². The average molecular weight is 541 g/mol. The van der Waals surface area contributed by atoms with Gasteiger partial charge in [-0.25, -0.2) is 9.36 Å². The summed E-state index contributed by atoms with van der Waals surface area (Å²) in [5, 5.41) is 2.73. The van der Waals surface area contributed by atoms with Gasteiger partial charge in [-0.15, -0.1) is 0 Å². The number of hydrogen-bond donors (Lipinski definition) is 2. The average Bonchev–Trinajstić information content (AvgIpc) is 3.39. The first-order valence-electron chi connectivity index (χ1n) is 11.8. The number of ether oxygens (including phenoxy) is 2. The molecule has 1 aromatic heterocycles. The van der Waals surface area contributed by atoms with Crippen molar-refractivity contribution in [3.8, 4) is 5.75 Å². The lowest BCUT2D eigenvalue weighted by molar-refractivity contribution is -0.142. The Balaban J connectivity index is 1.50. The first-order valence-corrected chi connectivity index (χ1v) is 13.4. The van der Waals surface area contributed by atoms with Gasteiger partial charge in [-0.05, 0) is 37.1 Å². The Labute approximate surface area is 218 Å². The molecule has 12 heteroatoms. The number of carbonyl (C=O) groups is 1. The lowest BCUT2D eigenvalue weighted by Gasteiger charge is -2.25. The minimum absolute atomic E-state index is 0.176. The van der Waals surface area contributed by atoms with E-state index < -0.39 is 43.3 Å². The van der Waals surface area contributed by atoms with Crippen LogP contribution < -0.4 is 20.9 Å². The van der Waals surface area contributed by atoms with Crippen LogP contribution in [0.1, 0.15) is 17.4 Å². The molecule has 4 atom stereocenters. The van der Waals surface area contributed by atoms with Gasteiger partial charge in [0, 0.05) is 11.8 Å². The fraction of sp³-hybridized carbons (Fsp3) is 0.269. The van der Waals surface area contributed by atoms with Crippen LogP contribution in [0.4, 0.5) is 0 Å². The van der Waals surface area contributed by atoms with Crippen molar-refractivity contribution in [2.45, 2.75) is 31.7 Å². The lowest BCUT2D eigenvalue weighted by atomic mass is 10.1. The Morgan fingerprint density at radius 1 is 1.11 bits per heavy atom. The van der Waals surface area contributed by atoms with Gasteiger partial charge in [-0.2, -0.15) is 5.09 Å². The molecule has 0 aliphatic carbocycles. The van der Waals surface area contributed by atoms with E-state index in [1.165, 1.54) is 17.9 Å². The summed E-state index contributed by atoms with van der Waals surface area (Å²) in [7, 11) is -2.91. The van der Waals surface area contributed by atoms with Crippen molar-refractivity contribution in [2.24, 2.45) is 0 Å². The van der Waals surface area contributed by atoms with Crippen LogP contribution >= 0.6 is 7.75 Å². The van der Waals surface area contributed by atoms with Gasteiger partial charge in [0.1, 0.15) is 17.9 Å². The number of esters is 1. The highest BCUT2D eigenvalue weighted by atomic mass is 31.2. The van der Waals surface area contributed by atoms with E-state index in [1.54, 1.807) is 49.4 Å². The number of carbonyl (C=O) groups excluding carboxylic acids is 1. The van der Waals surface area contributed by atoms with Crippen LogP contribution in [0.5, 0.6) is 5.75 Å². The first-order chi connectivity index (χ1) is 18.3. The van der Waals surface area contributed by atoms with Gasteiger partial charge in [-0.3, -0.25) is 23.7 Å². The summed E-state index contributed by atoms with van der Waals surface area (Å²) >= 11 is 0. The zero-order chi connectivity index (χ0) is 27.1. The maximum absolute atomic E-state index is 13.9. The third-order valence-corrected chi connectivity index (χ3v) is 7.25. The number of nitrogens with zero attached hydrogens (tertiary/aromatic N) is 1. The second kappa shape index (κ2) is 12.2. The molecule has 2 unspecified atom stereocenters. The summed E-state index contributed by atoms with van der Waals surface area (Å²) in [5.74, 6) is -0.373. The summed E-state index contributed by atoms with van der Waals surface area (Å²) < 4.78 is 37.4. The van der Waals surface area contributed by atoms with Crippen molar-refractivity contribution in [3.63, 3.8) is 0 Å². The van der Waals surface area contributed by atoms with Crippen LogP contribution in [0.2, 0.25) is 0 Å². The Morgan fingerprint density at radius 2 is 1.79 bits per heavy atom. The number of methoxy groups -OCH3 is 1. The predicted molar refractivity (Wildman–Crippen MR) is 139 cm³/mol. The van der Waals surface area contributed by atoms with Crippen molar-refractivity contribution >= 4 is 13.7 Å². The minimum Gasteiger partial charge on any atom is -0.468 e. The number of aromatic nitrogens is 2. The summed E-state index contributed by atoms with van der Waals surface area (Å²) in [4.78, 5) is 38.7. The highest BCUT2D eigenvalue weighted by Gasteiger charge is 2.36. The number of hydrogen-bond acceptors (Lipinski definition) is 8. The molecule has 4 rings (SSSR count). The van der Waals surface area contributed by atoms with E-state index in [4.69, 9.17) is 18.5 Å². The minimum atomic E-state index is -4.15. The second-order valence-corrected chi connectivity index (χ2v) is 10.2. The molecule has 2 aromatic carbocycles. The van der Waals surface area contributed by atoms with Crippen molar-refractivity contribution in [1.29, 1.82) is 0 Å². The number of H-pyrrole nitrogens is 1. The van der Waals surface area contributed by atoms with E-state index in [9.17, 15) is 18.9 Å². The van der Waals surface area contributed by atoms with Gasteiger partial charge < -0.3 is 14.0 Å². The topological polar surface area (TPSA) is 138 Å². The van der Waals surface area contributed by atoms with Gasteiger partial charge in [0.05, 0.1) is 13.7 Å². The predicted octanol–water partition coefficient (Wildman–Crippen LogP) is 2.88. The zero-order valence-corrected chi connectivity index (χ0v) is 21.7. The van der Waals surface area contributed by atoms with Crippen LogP contribution in [0.25, 0.3) is 0 Å². The Kier molecular flexibility index (Phi) is 8.75. The summed E-state index contributed by atoms with van der Waals surface area (Å²) in [6.45, 7) is 1.35. The Morgan fingerprint density at radius 3 is 2.47 bits per heavy atom. The molecular weight excluding hydrogens is 513 g/mol. The van der Waals surface area contributed by atoms with E-state index in [0.29, 0.717) is 5.56 Å². The molecule has 0 saturated heterocycles. The standard InChI is InChI=1S/C26H28N3O8P/c1-18-16-29(26(32)27-24(18)30)23-14-13-21(36-23)17-35-38(33,37-20-11-7-4-8-12-20)28-22(25(31)34-2)15-19-9-5-3-6-10-19/h3-14,16,21-23H,15,17H2,1-2H3,(H,28,33)(H,27,30,32)/t21-,22?,23+,38?/m0/s1. The number of aryl methyl sites for hydroxylation is 1. The molecule has 0 bridgehead atoms. The quantitative estimate of drug-likeness (QED) is 0.213. The van der Waals surface area contributed by atoms with Gasteiger partial charge in [0.15, 0.2) is 6.23 Å². The molecule has 0 radical (unpaired) electrons. The normalized spacial score (nSPS) is 19.0. The molecule has 0 fully saturated rings. The maximum Gasteiger partial charge on any atom is 0.459 e. The molecule has 11 nitrogen and oxygen atoms in total. The molecule has 38 heavy (non-hydrogen) atoms. The van der Waals surface area contributed by atoms with E-state index in [2.05, 4.69) is 10.1 Å². The monoisotopic (exact) mass is 541 g/mol. The van der Waals surface area contributed by atoms with Crippen LogP contribution in [-0.4, -0.2) is 41.4 Å². The summed E-state index contributed by atoms with van der Waals surface area (Å²) in [6.07, 6.45) is 3.35. The van der Waals surface area contributed by atoms with E-state index >= 15 is 0 Å². The van der Waals surface area contributed by atoms with Crippen molar-refractivity contribution in [3.05, 3.63) is 111 Å². The number of rotatable bonds is 11. The number of nitrogens with one attached hydrogen (secondary N) is 2. The largest absolute Gasteiger partial charge is 0.468 e. The number of aromatic amines is 1. The molecule has 1 aliphatic rings. The van der Waals surface area contributed by atoms with Crippen LogP contribution in [0, 0.1) is 6.92 Å². The molecule has 2 N–H and O–H groups in total. The van der Waals surface area contributed by atoms with E-state index in [1.807, 2.05) is 30.3 Å². The van der Waals surface area contributed by atoms with Gasteiger partial charge in [0.2, 0.25) is 0 Å². The van der Waals surface area contributed by atoms with Crippen LogP contribution in [0.15, 0.2) is 88.6 Å². The number of para-hydroxylation sites is 1. The fourth-order valence-corrected chi connectivity index (χ4v) is 5.26. The van der Waals surface area contributed by atoms with Gasteiger partial charge in [-0.1, -0.05) is 54.6 Å². The number of benzene rings is 2.